The van der Waals surface area contributed by atoms with Gasteiger partial charge in [0.25, 0.3) is 11.8 Å². The van der Waals surface area contributed by atoms with Crippen molar-refractivity contribution >= 4 is 11.8 Å². The number of likely N-dealkylation sites (tertiary alicyclic amines) is 1. The number of aromatic nitrogens is 2. The van der Waals surface area contributed by atoms with Crippen LogP contribution in [0.2, 0.25) is 0 Å². The quantitative estimate of drug-likeness (QED) is 0.801. The van der Waals surface area contributed by atoms with Crippen LogP contribution in [0.1, 0.15) is 42.9 Å². The van der Waals surface area contributed by atoms with Crippen LogP contribution >= 0.6 is 0 Å². The molecule has 8 heteroatoms. The molecule has 0 saturated carbocycles. The predicted octanol–water partition coefficient (Wildman–Crippen LogP) is 1.87. The minimum Gasteiger partial charge on any atom is -0.472 e. The molecule has 28 heavy (non-hydrogen) atoms. The second-order valence-electron chi connectivity index (χ2n) is 7.32. The molecule has 1 fully saturated rings. The molecule has 1 spiro atoms. The van der Waals surface area contributed by atoms with E-state index < -0.39 is 11.7 Å². The van der Waals surface area contributed by atoms with E-state index in [0.29, 0.717) is 51.1 Å². The van der Waals surface area contributed by atoms with E-state index in [1.54, 1.807) is 17.2 Å². The van der Waals surface area contributed by atoms with Gasteiger partial charge in [-0.2, -0.15) is 0 Å². The first-order valence-electron chi connectivity index (χ1n) is 9.87. The Bertz CT molecular complexity index is 832. The van der Waals surface area contributed by atoms with Crippen LogP contribution < -0.4 is 0 Å². The lowest BCUT2D eigenvalue weighted by atomic mass is 9.88. The van der Waals surface area contributed by atoms with E-state index in [0.717, 1.165) is 5.82 Å². The standard InChI is InChI=1S/C20H26N4O4/c1-3-22(4-2)18(26)16-13-24-11-8-21-19(24)20(28-16)6-9-23(10-7-20)17(25)15-5-12-27-14-15/h5,8,11-12,14,16H,3-4,6-7,9-10,13H2,1-2H3/t16-/m1/s1. The van der Waals surface area contributed by atoms with Gasteiger partial charge in [0.1, 0.15) is 17.7 Å². The number of hydrogen-bond donors (Lipinski definition) is 0. The van der Waals surface area contributed by atoms with Gasteiger partial charge in [0.15, 0.2) is 6.10 Å². The minimum atomic E-state index is -0.637. The highest BCUT2D eigenvalue weighted by molar-refractivity contribution is 5.93. The second-order valence-corrected chi connectivity index (χ2v) is 7.32. The smallest absolute Gasteiger partial charge is 0.257 e. The van der Waals surface area contributed by atoms with Crippen LogP contribution in [0.5, 0.6) is 0 Å². The molecule has 0 bridgehead atoms. The molecule has 0 N–H and O–H groups in total. The van der Waals surface area contributed by atoms with Crippen molar-refractivity contribution in [2.24, 2.45) is 0 Å². The van der Waals surface area contributed by atoms with Gasteiger partial charge in [-0.25, -0.2) is 4.98 Å². The Balaban J connectivity index is 1.54. The fourth-order valence-electron chi connectivity index (χ4n) is 4.25. The lowest BCUT2D eigenvalue weighted by Gasteiger charge is -2.46. The molecule has 150 valence electrons. The molecule has 2 aromatic heterocycles. The first kappa shape index (κ1) is 18.7. The molecular formula is C20H26N4O4. The van der Waals surface area contributed by atoms with Crippen molar-refractivity contribution in [1.82, 2.24) is 19.4 Å². The topological polar surface area (TPSA) is 80.8 Å². The van der Waals surface area contributed by atoms with Crippen LogP contribution in [0.15, 0.2) is 35.4 Å². The Morgan fingerprint density at radius 1 is 1.29 bits per heavy atom. The number of piperidine rings is 1. The van der Waals surface area contributed by atoms with Gasteiger partial charge in [0, 0.05) is 51.4 Å². The van der Waals surface area contributed by atoms with E-state index in [1.165, 1.54) is 12.5 Å². The predicted molar refractivity (Wildman–Crippen MR) is 101 cm³/mol. The van der Waals surface area contributed by atoms with Crippen molar-refractivity contribution < 1.29 is 18.7 Å². The third-order valence-electron chi connectivity index (χ3n) is 5.83. The van der Waals surface area contributed by atoms with Crippen molar-refractivity contribution in [3.05, 3.63) is 42.4 Å². The molecule has 0 aliphatic carbocycles. The summed E-state index contributed by atoms with van der Waals surface area (Å²) in [4.78, 5) is 33.7. The van der Waals surface area contributed by atoms with E-state index in [4.69, 9.17) is 9.15 Å². The van der Waals surface area contributed by atoms with Crippen LogP contribution in [0, 0.1) is 0 Å². The van der Waals surface area contributed by atoms with Gasteiger partial charge < -0.3 is 23.5 Å². The molecule has 1 saturated heterocycles. The second kappa shape index (κ2) is 7.43. The zero-order chi connectivity index (χ0) is 19.7. The lowest BCUT2D eigenvalue weighted by Crippen LogP contribution is -2.55. The molecule has 4 heterocycles. The number of ether oxygens (including phenoxy) is 1. The molecule has 0 unspecified atom stereocenters. The summed E-state index contributed by atoms with van der Waals surface area (Å²) in [7, 11) is 0. The monoisotopic (exact) mass is 386 g/mol. The highest BCUT2D eigenvalue weighted by Gasteiger charge is 2.48. The first-order valence-corrected chi connectivity index (χ1v) is 9.87. The van der Waals surface area contributed by atoms with Gasteiger partial charge in [-0.15, -0.1) is 0 Å². The summed E-state index contributed by atoms with van der Waals surface area (Å²) >= 11 is 0. The third kappa shape index (κ3) is 3.11. The Labute approximate surface area is 164 Å². The van der Waals surface area contributed by atoms with Crippen LogP contribution in [0.3, 0.4) is 0 Å². The highest BCUT2D eigenvalue weighted by Crippen LogP contribution is 2.40. The summed E-state index contributed by atoms with van der Waals surface area (Å²) in [6.07, 6.45) is 7.32. The van der Waals surface area contributed by atoms with Crippen molar-refractivity contribution in [3.8, 4) is 0 Å². The fourth-order valence-corrected chi connectivity index (χ4v) is 4.25. The average Bonchev–Trinajstić information content (AvgIpc) is 3.41. The van der Waals surface area contributed by atoms with Gasteiger partial charge in [-0.05, 0) is 19.9 Å². The number of fused-ring (bicyclic) bond motifs is 2. The molecule has 8 nitrogen and oxygen atoms in total. The maximum absolute atomic E-state index is 12.9. The maximum atomic E-state index is 12.9. The lowest BCUT2D eigenvalue weighted by molar-refractivity contribution is -0.179. The summed E-state index contributed by atoms with van der Waals surface area (Å²) in [6.45, 7) is 6.83. The summed E-state index contributed by atoms with van der Waals surface area (Å²) in [5.41, 5.74) is -0.0841. The van der Waals surface area contributed by atoms with Gasteiger partial charge in [-0.3, -0.25) is 9.59 Å². The number of nitrogens with zero attached hydrogens (tertiary/aromatic N) is 4. The van der Waals surface area contributed by atoms with Crippen molar-refractivity contribution in [2.75, 3.05) is 26.2 Å². The van der Waals surface area contributed by atoms with Crippen LogP contribution in [0.4, 0.5) is 0 Å². The summed E-state index contributed by atoms with van der Waals surface area (Å²) in [5.74, 6) is 0.825. The number of amides is 2. The minimum absolute atomic E-state index is 0.0145. The van der Waals surface area contributed by atoms with Crippen molar-refractivity contribution in [3.63, 3.8) is 0 Å². The summed E-state index contributed by atoms with van der Waals surface area (Å²) < 4.78 is 13.5. The molecule has 2 aliphatic rings. The van der Waals surface area contributed by atoms with Crippen molar-refractivity contribution in [1.29, 1.82) is 0 Å². The summed E-state index contributed by atoms with van der Waals surface area (Å²) in [5, 5.41) is 0. The van der Waals surface area contributed by atoms with Crippen LogP contribution in [-0.4, -0.2) is 63.4 Å². The molecule has 2 aliphatic heterocycles. The number of carbonyl (C=O) groups excluding carboxylic acids is 2. The van der Waals surface area contributed by atoms with E-state index in [-0.39, 0.29) is 11.8 Å². The average molecular weight is 386 g/mol. The zero-order valence-corrected chi connectivity index (χ0v) is 16.3. The number of likely N-dealkylation sites (N-methyl/N-ethyl adjacent to an activating group) is 1. The molecule has 2 aromatic rings. The number of carbonyl (C=O) groups is 2. The van der Waals surface area contributed by atoms with E-state index in [1.807, 2.05) is 29.5 Å². The number of imidazole rings is 1. The van der Waals surface area contributed by atoms with E-state index in [2.05, 4.69) is 4.98 Å². The molecular weight excluding hydrogens is 360 g/mol. The number of rotatable bonds is 4. The molecule has 0 aromatic carbocycles. The maximum Gasteiger partial charge on any atom is 0.257 e. The molecule has 4 rings (SSSR count). The SMILES string of the molecule is CCN(CC)C(=O)[C@H]1Cn2ccnc2C2(CCN(C(=O)c3ccoc3)CC2)O1. The van der Waals surface area contributed by atoms with Crippen LogP contribution in [0.25, 0.3) is 0 Å². The Morgan fingerprint density at radius 3 is 2.68 bits per heavy atom. The van der Waals surface area contributed by atoms with Gasteiger partial charge >= 0.3 is 0 Å². The number of hydrogen-bond acceptors (Lipinski definition) is 5. The molecule has 1 atom stereocenters. The largest absolute Gasteiger partial charge is 0.472 e. The summed E-state index contributed by atoms with van der Waals surface area (Å²) in [6, 6.07) is 1.68. The highest BCUT2D eigenvalue weighted by atomic mass is 16.5. The number of furan rings is 1. The van der Waals surface area contributed by atoms with Crippen molar-refractivity contribution in [2.45, 2.75) is 44.9 Å². The van der Waals surface area contributed by atoms with E-state index in [9.17, 15) is 9.59 Å². The van der Waals surface area contributed by atoms with Gasteiger partial charge in [0.2, 0.25) is 0 Å². The Kier molecular flexibility index (Phi) is 4.97. The normalized spacial score (nSPS) is 20.8. The Morgan fingerprint density at radius 2 is 2.04 bits per heavy atom. The fraction of sp³-hybridized carbons (Fsp3) is 0.550. The first-order chi connectivity index (χ1) is 13.6. The molecule has 0 radical (unpaired) electrons. The Hall–Kier alpha value is -2.61. The van der Waals surface area contributed by atoms with Gasteiger partial charge in [0.05, 0.1) is 18.4 Å². The van der Waals surface area contributed by atoms with Gasteiger partial charge in [-0.1, -0.05) is 0 Å². The van der Waals surface area contributed by atoms with Crippen LogP contribution in [-0.2, 0) is 21.7 Å². The third-order valence-corrected chi connectivity index (χ3v) is 5.83. The van der Waals surface area contributed by atoms with E-state index >= 15 is 0 Å². The zero-order valence-electron chi connectivity index (χ0n) is 16.3. The molecule has 2 amide bonds.